The van der Waals surface area contributed by atoms with Crippen LogP contribution in [-0.2, 0) is 6.54 Å². The van der Waals surface area contributed by atoms with Crippen molar-refractivity contribution in [3.05, 3.63) is 63.9 Å². The van der Waals surface area contributed by atoms with Gasteiger partial charge in [0.1, 0.15) is 5.82 Å². The molecule has 1 N–H and O–H groups in total. The summed E-state index contributed by atoms with van der Waals surface area (Å²) in [5.41, 5.74) is 3.44. The summed E-state index contributed by atoms with van der Waals surface area (Å²) in [5.74, 6) is -0.199. The first-order valence-corrected chi connectivity index (χ1v) is 7.73. The van der Waals surface area contributed by atoms with Crippen molar-refractivity contribution in [3.63, 3.8) is 0 Å². The maximum Gasteiger partial charge on any atom is 0.123 e. The Hall–Kier alpha value is -1.39. The SMILES string of the molecule is CNC(C)c1ccc(N(C)Cc2ccc(F)cc2)cc1Br. The zero-order valence-electron chi connectivity index (χ0n) is 12.5. The average molecular weight is 351 g/mol. The van der Waals surface area contributed by atoms with Gasteiger partial charge in [-0.25, -0.2) is 4.39 Å². The van der Waals surface area contributed by atoms with Gasteiger partial charge in [0.2, 0.25) is 0 Å². The van der Waals surface area contributed by atoms with Crippen molar-refractivity contribution in [2.45, 2.75) is 19.5 Å². The third-order valence-corrected chi connectivity index (χ3v) is 4.34. The molecule has 4 heteroatoms. The maximum atomic E-state index is 12.9. The summed E-state index contributed by atoms with van der Waals surface area (Å²) in [7, 11) is 3.98. The van der Waals surface area contributed by atoms with Crippen LogP contribution >= 0.6 is 15.9 Å². The Labute approximate surface area is 134 Å². The summed E-state index contributed by atoms with van der Waals surface area (Å²) in [6.07, 6.45) is 0. The van der Waals surface area contributed by atoms with Crippen LogP contribution in [0.25, 0.3) is 0 Å². The van der Waals surface area contributed by atoms with E-state index >= 15 is 0 Å². The quantitative estimate of drug-likeness (QED) is 0.853. The topological polar surface area (TPSA) is 15.3 Å². The second kappa shape index (κ2) is 7.05. The molecule has 0 aliphatic carbocycles. The second-order valence-electron chi connectivity index (χ2n) is 5.20. The molecule has 0 saturated carbocycles. The molecule has 2 aromatic rings. The summed E-state index contributed by atoms with van der Waals surface area (Å²) < 4.78 is 14.0. The Morgan fingerprint density at radius 3 is 2.43 bits per heavy atom. The monoisotopic (exact) mass is 350 g/mol. The molecule has 0 radical (unpaired) electrons. The first-order chi connectivity index (χ1) is 10.0. The summed E-state index contributed by atoms with van der Waals surface area (Å²) in [6, 6.07) is 13.3. The molecule has 0 aliphatic heterocycles. The van der Waals surface area contributed by atoms with Crippen molar-refractivity contribution in [2.24, 2.45) is 0 Å². The second-order valence-corrected chi connectivity index (χ2v) is 6.05. The van der Waals surface area contributed by atoms with Crippen molar-refractivity contribution in [1.82, 2.24) is 5.32 Å². The van der Waals surface area contributed by atoms with Gasteiger partial charge in [-0.1, -0.05) is 34.1 Å². The molecule has 0 spiro atoms. The molecule has 0 aliphatic rings. The van der Waals surface area contributed by atoms with E-state index in [2.05, 4.69) is 51.3 Å². The third-order valence-electron chi connectivity index (χ3n) is 3.66. The van der Waals surface area contributed by atoms with E-state index < -0.39 is 0 Å². The largest absolute Gasteiger partial charge is 0.370 e. The number of nitrogens with one attached hydrogen (secondary N) is 1. The molecule has 2 nitrogen and oxygen atoms in total. The lowest BCUT2D eigenvalue weighted by Crippen LogP contribution is -2.17. The van der Waals surface area contributed by atoms with Gasteiger partial charge in [0.15, 0.2) is 0 Å². The summed E-state index contributed by atoms with van der Waals surface area (Å²) in [4.78, 5) is 2.14. The molecule has 0 saturated heterocycles. The first-order valence-electron chi connectivity index (χ1n) is 6.93. The first kappa shape index (κ1) is 16.0. The predicted octanol–water partition coefficient (Wildman–Crippen LogP) is 4.51. The van der Waals surface area contributed by atoms with Gasteiger partial charge in [0.05, 0.1) is 0 Å². The molecule has 0 bridgehead atoms. The molecule has 1 atom stereocenters. The van der Waals surface area contributed by atoms with Crippen molar-refractivity contribution in [1.29, 1.82) is 0 Å². The molecule has 1 unspecified atom stereocenters. The van der Waals surface area contributed by atoms with Gasteiger partial charge in [-0.15, -0.1) is 0 Å². The van der Waals surface area contributed by atoms with E-state index in [1.165, 1.54) is 17.7 Å². The van der Waals surface area contributed by atoms with Crippen LogP contribution in [0.1, 0.15) is 24.1 Å². The molecule has 112 valence electrons. The molecule has 0 aromatic heterocycles. The van der Waals surface area contributed by atoms with E-state index in [-0.39, 0.29) is 5.82 Å². The minimum absolute atomic E-state index is 0.199. The van der Waals surface area contributed by atoms with Crippen LogP contribution < -0.4 is 10.2 Å². The van der Waals surface area contributed by atoms with Gasteiger partial charge in [0, 0.05) is 29.8 Å². The number of anilines is 1. The lowest BCUT2D eigenvalue weighted by Gasteiger charge is -2.21. The molecule has 21 heavy (non-hydrogen) atoms. The highest BCUT2D eigenvalue weighted by Crippen LogP contribution is 2.28. The number of hydrogen-bond acceptors (Lipinski definition) is 2. The van der Waals surface area contributed by atoms with Gasteiger partial charge in [-0.05, 0) is 49.4 Å². The average Bonchev–Trinajstić information content (AvgIpc) is 2.48. The van der Waals surface area contributed by atoms with Crippen LogP contribution in [0.5, 0.6) is 0 Å². The molecule has 0 amide bonds. The highest BCUT2D eigenvalue weighted by Gasteiger charge is 2.10. The van der Waals surface area contributed by atoms with Crippen LogP contribution in [0, 0.1) is 5.82 Å². The minimum atomic E-state index is -0.199. The van der Waals surface area contributed by atoms with Crippen LogP contribution in [0.2, 0.25) is 0 Å². The zero-order valence-corrected chi connectivity index (χ0v) is 14.1. The highest BCUT2D eigenvalue weighted by atomic mass is 79.9. The Balaban J connectivity index is 2.14. The van der Waals surface area contributed by atoms with E-state index in [0.29, 0.717) is 6.04 Å². The van der Waals surface area contributed by atoms with Crippen molar-refractivity contribution in [3.8, 4) is 0 Å². The molecular weight excluding hydrogens is 331 g/mol. The van der Waals surface area contributed by atoms with Crippen molar-refractivity contribution in [2.75, 3.05) is 19.0 Å². The van der Waals surface area contributed by atoms with Crippen molar-refractivity contribution < 1.29 is 4.39 Å². The van der Waals surface area contributed by atoms with E-state index in [1.54, 1.807) is 0 Å². The molecule has 0 heterocycles. The Kier molecular flexibility index (Phi) is 5.37. The van der Waals surface area contributed by atoms with Gasteiger partial charge in [0.25, 0.3) is 0 Å². The fourth-order valence-corrected chi connectivity index (χ4v) is 2.93. The zero-order chi connectivity index (χ0) is 15.4. The fraction of sp³-hybridized carbons (Fsp3) is 0.294. The van der Waals surface area contributed by atoms with Gasteiger partial charge < -0.3 is 10.2 Å². The Bertz CT molecular complexity index is 598. The predicted molar refractivity (Wildman–Crippen MR) is 90.1 cm³/mol. The lowest BCUT2D eigenvalue weighted by molar-refractivity contribution is 0.627. The minimum Gasteiger partial charge on any atom is -0.370 e. The van der Waals surface area contributed by atoms with Crippen LogP contribution in [0.3, 0.4) is 0 Å². The maximum absolute atomic E-state index is 12.9. The van der Waals surface area contributed by atoms with Crippen LogP contribution in [-0.4, -0.2) is 14.1 Å². The molecule has 0 fully saturated rings. The smallest absolute Gasteiger partial charge is 0.123 e. The number of nitrogens with zero attached hydrogens (tertiary/aromatic N) is 1. The van der Waals surface area contributed by atoms with E-state index in [1.807, 2.05) is 26.2 Å². The normalized spacial score (nSPS) is 12.2. The van der Waals surface area contributed by atoms with E-state index in [0.717, 1.165) is 22.3 Å². The number of rotatable bonds is 5. The van der Waals surface area contributed by atoms with E-state index in [4.69, 9.17) is 0 Å². The standard InChI is InChI=1S/C17H20BrFN2/c1-12(20-2)16-9-8-15(10-17(16)18)21(3)11-13-4-6-14(19)7-5-13/h4-10,12,20H,11H2,1-3H3. The summed E-state index contributed by atoms with van der Waals surface area (Å²) in [6.45, 7) is 2.87. The number of hydrogen-bond donors (Lipinski definition) is 1. The van der Waals surface area contributed by atoms with Gasteiger partial charge in [-0.2, -0.15) is 0 Å². The summed E-state index contributed by atoms with van der Waals surface area (Å²) in [5, 5.41) is 3.24. The summed E-state index contributed by atoms with van der Waals surface area (Å²) >= 11 is 3.64. The third kappa shape index (κ3) is 4.05. The van der Waals surface area contributed by atoms with Crippen LogP contribution in [0.4, 0.5) is 10.1 Å². The molecule has 2 aromatic carbocycles. The Morgan fingerprint density at radius 1 is 1.19 bits per heavy atom. The molecular formula is C17H20BrFN2. The number of halogens is 2. The van der Waals surface area contributed by atoms with E-state index in [9.17, 15) is 4.39 Å². The number of benzene rings is 2. The fourth-order valence-electron chi connectivity index (χ4n) is 2.22. The Morgan fingerprint density at radius 2 is 1.86 bits per heavy atom. The van der Waals surface area contributed by atoms with Gasteiger partial charge >= 0.3 is 0 Å². The lowest BCUT2D eigenvalue weighted by atomic mass is 10.1. The van der Waals surface area contributed by atoms with Gasteiger partial charge in [-0.3, -0.25) is 0 Å². The van der Waals surface area contributed by atoms with Crippen LogP contribution in [0.15, 0.2) is 46.9 Å². The highest BCUT2D eigenvalue weighted by molar-refractivity contribution is 9.10. The molecule has 2 rings (SSSR count). The van der Waals surface area contributed by atoms with Crippen molar-refractivity contribution >= 4 is 21.6 Å².